The Morgan fingerprint density at radius 2 is 1.83 bits per heavy atom. The van der Waals surface area contributed by atoms with E-state index >= 15 is 0 Å². The number of carbonyl (C=O) groups excluding carboxylic acids is 1. The Balaban J connectivity index is 2.63. The minimum Gasteiger partial charge on any atom is -0.495 e. The Kier molecular flexibility index (Phi) is 9.18. The van der Waals surface area contributed by atoms with Gasteiger partial charge in [-0.25, -0.2) is 4.79 Å². The second kappa shape index (κ2) is 10.9. The van der Waals surface area contributed by atoms with Gasteiger partial charge in [-0.3, -0.25) is 0 Å². The molecule has 0 aliphatic heterocycles. The van der Waals surface area contributed by atoms with Crippen LogP contribution in [-0.4, -0.2) is 26.2 Å². The number of nitrogens with one attached hydrogen (secondary N) is 1. The summed E-state index contributed by atoms with van der Waals surface area (Å²) in [6, 6.07) is 5.51. The number of rotatable bonds is 11. The Bertz CT molecular complexity index is 474. The standard InChI is InChI=1S/C19H31NO3/c1-5-6-7-8-9-10-13-16(19(21)23-4)20-18-15(2)12-11-14-17(18)22-3/h11-12,14,16,20H,5-10,13H2,1-4H3/t16-/m1/s1. The second-order valence-electron chi connectivity index (χ2n) is 5.93. The van der Waals surface area contributed by atoms with Crippen LogP contribution in [0.3, 0.4) is 0 Å². The average molecular weight is 321 g/mol. The lowest BCUT2D eigenvalue weighted by Crippen LogP contribution is -2.31. The molecule has 0 bridgehead atoms. The maximum absolute atomic E-state index is 12.1. The fourth-order valence-electron chi connectivity index (χ4n) is 2.69. The third-order valence-electron chi connectivity index (χ3n) is 4.11. The summed E-state index contributed by atoms with van der Waals surface area (Å²) >= 11 is 0. The van der Waals surface area contributed by atoms with Crippen LogP contribution in [0.2, 0.25) is 0 Å². The van der Waals surface area contributed by atoms with Crippen LogP contribution in [0.25, 0.3) is 0 Å². The van der Waals surface area contributed by atoms with Gasteiger partial charge < -0.3 is 14.8 Å². The predicted molar refractivity (Wildman–Crippen MR) is 95.2 cm³/mol. The molecule has 1 rings (SSSR count). The Morgan fingerprint density at radius 1 is 1.13 bits per heavy atom. The van der Waals surface area contributed by atoms with Gasteiger partial charge in [-0.05, 0) is 25.0 Å². The molecule has 0 aliphatic rings. The van der Waals surface area contributed by atoms with Crippen LogP contribution >= 0.6 is 0 Å². The lowest BCUT2D eigenvalue weighted by Gasteiger charge is -2.21. The molecular weight excluding hydrogens is 290 g/mol. The minimum absolute atomic E-state index is 0.219. The van der Waals surface area contributed by atoms with Gasteiger partial charge in [-0.1, -0.05) is 57.6 Å². The summed E-state index contributed by atoms with van der Waals surface area (Å²) in [6.45, 7) is 4.22. The van der Waals surface area contributed by atoms with Crippen molar-refractivity contribution in [2.24, 2.45) is 0 Å². The van der Waals surface area contributed by atoms with Gasteiger partial charge in [0.1, 0.15) is 11.8 Å². The van der Waals surface area contributed by atoms with E-state index in [1.54, 1.807) is 7.11 Å². The summed E-state index contributed by atoms with van der Waals surface area (Å²) in [5.74, 6) is 0.533. The van der Waals surface area contributed by atoms with E-state index < -0.39 is 0 Å². The highest BCUT2D eigenvalue weighted by Gasteiger charge is 2.20. The maximum atomic E-state index is 12.1. The van der Waals surface area contributed by atoms with Crippen molar-refractivity contribution in [1.82, 2.24) is 0 Å². The Hall–Kier alpha value is -1.71. The molecule has 0 saturated heterocycles. The van der Waals surface area contributed by atoms with Crippen LogP contribution in [0.4, 0.5) is 5.69 Å². The van der Waals surface area contributed by atoms with Crippen LogP contribution in [-0.2, 0) is 9.53 Å². The number of carbonyl (C=O) groups is 1. The number of methoxy groups -OCH3 is 2. The number of esters is 1. The SMILES string of the molecule is CCCCCCCC[C@@H](Nc1c(C)cccc1OC)C(=O)OC. The van der Waals surface area contributed by atoms with E-state index in [0.717, 1.165) is 36.3 Å². The Labute approximate surface area is 140 Å². The fourth-order valence-corrected chi connectivity index (χ4v) is 2.69. The van der Waals surface area contributed by atoms with E-state index in [1.807, 2.05) is 25.1 Å². The second-order valence-corrected chi connectivity index (χ2v) is 5.93. The first-order chi connectivity index (χ1) is 11.1. The number of para-hydroxylation sites is 1. The average Bonchev–Trinajstić information content (AvgIpc) is 2.57. The van der Waals surface area contributed by atoms with E-state index in [0.29, 0.717) is 0 Å². The summed E-state index contributed by atoms with van der Waals surface area (Å²) in [5.41, 5.74) is 1.93. The smallest absolute Gasteiger partial charge is 0.328 e. The summed E-state index contributed by atoms with van der Waals surface area (Å²) in [5, 5.41) is 3.32. The number of ether oxygens (including phenoxy) is 2. The molecule has 0 spiro atoms. The zero-order valence-corrected chi connectivity index (χ0v) is 15.0. The van der Waals surface area contributed by atoms with E-state index in [1.165, 1.54) is 32.8 Å². The van der Waals surface area contributed by atoms with Crippen LogP contribution in [0, 0.1) is 6.92 Å². The number of benzene rings is 1. The highest BCUT2D eigenvalue weighted by Crippen LogP contribution is 2.29. The van der Waals surface area contributed by atoms with E-state index in [4.69, 9.17) is 9.47 Å². The third kappa shape index (κ3) is 6.51. The van der Waals surface area contributed by atoms with Crippen molar-refractivity contribution in [3.63, 3.8) is 0 Å². The van der Waals surface area contributed by atoms with Gasteiger partial charge in [0.05, 0.1) is 19.9 Å². The summed E-state index contributed by atoms with van der Waals surface area (Å²) in [7, 11) is 3.08. The fraction of sp³-hybridized carbons (Fsp3) is 0.632. The number of aryl methyl sites for hydroxylation is 1. The first-order valence-electron chi connectivity index (χ1n) is 8.62. The van der Waals surface area contributed by atoms with Crippen molar-refractivity contribution in [2.45, 2.75) is 64.8 Å². The van der Waals surface area contributed by atoms with Gasteiger partial charge in [-0.15, -0.1) is 0 Å². The molecule has 23 heavy (non-hydrogen) atoms. The maximum Gasteiger partial charge on any atom is 0.328 e. The van der Waals surface area contributed by atoms with Crippen molar-refractivity contribution >= 4 is 11.7 Å². The van der Waals surface area contributed by atoms with Crippen molar-refractivity contribution in [3.05, 3.63) is 23.8 Å². The largest absolute Gasteiger partial charge is 0.495 e. The Morgan fingerprint density at radius 3 is 2.48 bits per heavy atom. The molecule has 0 unspecified atom stereocenters. The van der Waals surface area contributed by atoms with Gasteiger partial charge in [0.15, 0.2) is 0 Å². The normalized spacial score (nSPS) is 11.8. The number of anilines is 1. The van der Waals surface area contributed by atoms with Gasteiger partial charge in [0, 0.05) is 0 Å². The van der Waals surface area contributed by atoms with Crippen molar-refractivity contribution in [3.8, 4) is 5.75 Å². The molecule has 1 aromatic carbocycles. The first kappa shape index (κ1) is 19.3. The lowest BCUT2D eigenvalue weighted by molar-refractivity contribution is -0.141. The summed E-state index contributed by atoms with van der Waals surface area (Å²) in [4.78, 5) is 12.1. The third-order valence-corrected chi connectivity index (χ3v) is 4.11. The molecule has 0 radical (unpaired) electrons. The molecule has 0 heterocycles. The molecular formula is C19H31NO3. The molecule has 4 nitrogen and oxygen atoms in total. The monoisotopic (exact) mass is 321 g/mol. The van der Waals surface area contributed by atoms with Crippen molar-refractivity contribution < 1.29 is 14.3 Å². The molecule has 0 aliphatic carbocycles. The molecule has 0 amide bonds. The molecule has 1 atom stereocenters. The van der Waals surface area contributed by atoms with E-state index in [9.17, 15) is 4.79 Å². The molecule has 0 aromatic heterocycles. The van der Waals surface area contributed by atoms with E-state index in [-0.39, 0.29) is 12.0 Å². The molecule has 1 N–H and O–H groups in total. The molecule has 1 aromatic rings. The molecule has 0 fully saturated rings. The quantitative estimate of drug-likeness (QED) is 0.474. The van der Waals surface area contributed by atoms with Crippen LogP contribution in [0.15, 0.2) is 18.2 Å². The van der Waals surface area contributed by atoms with Crippen molar-refractivity contribution in [2.75, 3.05) is 19.5 Å². The zero-order chi connectivity index (χ0) is 17.1. The van der Waals surface area contributed by atoms with Gasteiger partial charge >= 0.3 is 5.97 Å². The van der Waals surface area contributed by atoms with Crippen LogP contribution < -0.4 is 10.1 Å². The summed E-state index contributed by atoms with van der Waals surface area (Å²) < 4.78 is 10.3. The number of hydrogen-bond donors (Lipinski definition) is 1. The molecule has 130 valence electrons. The molecule has 4 heteroatoms. The summed E-state index contributed by atoms with van der Waals surface area (Å²) in [6.07, 6.45) is 7.99. The lowest BCUT2D eigenvalue weighted by atomic mass is 10.0. The van der Waals surface area contributed by atoms with Crippen LogP contribution in [0.1, 0.15) is 57.4 Å². The topological polar surface area (TPSA) is 47.6 Å². The van der Waals surface area contributed by atoms with Gasteiger partial charge in [-0.2, -0.15) is 0 Å². The van der Waals surface area contributed by atoms with Gasteiger partial charge in [0.2, 0.25) is 0 Å². The first-order valence-corrected chi connectivity index (χ1v) is 8.62. The van der Waals surface area contributed by atoms with Crippen LogP contribution in [0.5, 0.6) is 5.75 Å². The number of hydrogen-bond acceptors (Lipinski definition) is 4. The number of unbranched alkanes of at least 4 members (excludes halogenated alkanes) is 5. The van der Waals surface area contributed by atoms with Gasteiger partial charge in [0.25, 0.3) is 0 Å². The van der Waals surface area contributed by atoms with E-state index in [2.05, 4.69) is 12.2 Å². The van der Waals surface area contributed by atoms with Crippen molar-refractivity contribution in [1.29, 1.82) is 0 Å². The highest BCUT2D eigenvalue weighted by molar-refractivity contribution is 5.80. The zero-order valence-electron chi connectivity index (χ0n) is 15.0. The highest BCUT2D eigenvalue weighted by atomic mass is 16.5. The molecule has 0 saturated carbocycles. The predicted octanol–water partition coefficient (Wildman–Crippen LogP) is 4.71. The minimum atomic E-state index is -0.332.